The number of ether oxygens (including phenoxy) is 1. The highest BCUT2D eigenvalue weighted by Crippen LogP contribution is 2.24. The molecule has 33 heavy (non-hydrogen) atoms. The summed E-state index contributed by atoms with van der Waals surface area (Å²) in [6.45, 7) is 3.11. The van der Waals surface area contributed by atoms with E-state index in [1.165, 1.54) is 12.3 Å². The van der Waals surface area contributed by atoms with Gasteiger partial charge in [-0.05, 0) is 55.3 Å². The Balaban J connectivity index is 1.68. The number of urea groups is 1. The molecule has 0 bridgehead atoms. The number of anilines is 2. The van der Waals surface area contributed by atoms with Gasteiger partial charge in [-0.2, -0.15) is 4.98 Å². The van der Waals surface area contributed by atoms with Crippen molar-refractivity contribution >= 4 is 17.7 Å². The van der Waals surface area contributed by atoms with Gasteiger partial charge < -0.3 is 26.1 Å². The summed E-state index contributed by atoms with van der Waals surface area (Å²) >= 11 is 0. The minimum atomic E-state index is -1.03. The molecule has 2 amide bonds. The first kappa shape index (κ1) is 23.9. The van der Waals surface area contributed by atoms with Crippen LogP contribution in [0, 0.1) is 6.92 Å². The second-order valence-electron chi connectivity index (χ2n) is 7.26. The van der Waals surface area contributed by atoms with Crippen LogP contribution >= 0.6 is 0 Å². The number of nitrogens with zero attached hydrogens (tertiary/aromatic N) is 1. The molecule has 0 spiro atoms. The first-order chi connectivity index (χ1) is 16.0. The van der Waals surface area contributed by atoms with E-state index in [0.717, 1.165) is 29.7 Å². The number of hydrogen-bond donors (Lipinski definition) is 5. The zero-order valence-corrected chi connectivity index (χ0v) is 18.3. The molecule has 1 heterocycles. The normalized spacial score (nSPS) is 10.6. The van der Waals surface area contributed by atoms with E-state index in [0.29, 0.717) is 18.7 Å². The van der Waals surface area contributed by atoms with Crippen LogP contribution in [0.25, 0.3) is 11.1 Å². The first-order valence-corrected chi connectivity index (χ1v) is 10.5. The van der Waals surface area contributed by atoms with Gasteiger partial charge in [-0.1, -0.05) is 30.3 Å². The standard InChI is InChI=1S/C23H27FN6O3/c1-15-11-16(12-26-10-4-9-25)7-8-17(15)18-13-27-22(29-21(18)31)30-23(32)28-19-5-2-3-6-20(19)33-14-24/h2-3,5-8,11,13,26H,4,9-10,12,14,25H2,1H3,(H3,27,28,29,30,31,32). The number of nitrogens with one attached hydrogen (secondary N) is 4. The highest BCUT2D eigenvalue weighted by atomic mass is 19.1. The zero-order valence-electron chi connectivity index (χ0n) is 18.3. The molecule has 0 atom stereocenters. The molecule has 3 aromatic rings. The number of nitrogens with two attached hydrogens (primary N) is 1. The van der Waals surface area contributed by atoms with Crippen LogP contribution in [0.2, 0.25) is 0 Å². The predicted molar refractivity (Wildman–Crippen MR) is 126 cm³/mol. The molecule has 0 aliphatic heterocycles. The van der Waals surface area contributed by atoms with Gasteiger partial charge in [0, 0.05) is 12.7 Å². The molecule has 0 fully saturated rings. The number of para-hydroxylation sites is 2. The Morgan fingerprint density at radius 3 is 2.73 bits per heavy atom. The number of aromatic amines is 1. The zero-order chi connectivity index (χ0) is 23.6. The predicted octanol–water partition coefficient (Wildman–Crippen LogP) is 3.13. The second kappa shape index (κ2) is 11.7. The molecule has 0 unspecified atom stereocenters. The maximum Gasteiger partial charge on any atom is 0.326 e. The first-order valence-electron chi connectivity index (χ1n) is 10.5. The van der Waals surface area contributed by atoms with Crippen molar-refractivity contribution in [3.05, 3.63) is 70.1 Å². The van der Waals surface area contributed by atoms with Crippen molar-refractivity contribution in [3.8, 4) is 16.9 Å². The Hall–Kier alpha value is -3.76. The molecule has 0 aliphatic rings. The van der Waals surface area contributed by atoms with Gasteiger partial charge in [-0.3, -0.25) is 10.1 Å². The minimum absolute atomic E-state index is 0.0245. The van der Waals surface area contributed by atoms with Crippen LogP contribution in [0.1, 0.15) is 17.5 Å². The van der Waals surface area contributed by atoms with Crippen LogP contribution in [-0.2, 0) is 6.54 Å². The molecule has 2 aromatic carbocycles. The topological polar surface area (TPSA) is 134 Å². The molecule has 174 valence electrons. The Labute approximate surface area is 190 Å². The van der Waals surface area contributed by atoms with Crippen LogP contribution in [0.5, 0.6) is 5.75 Å². The van der Waals surface area contributed by atoms with Crippen LogP contribution in [0.15, 0.2) is 53.5 Å². The number of aromatic nitrogens is 2. The highest BCUT2D eigenvalue weighted by molar-refractivity contribution is 5.99. The molecule has 0 radical (unpaired) electrons. The summed E-state index contributed by atoms with van der Waals surface area (Å²) in [7, 11) is 0. The van der Waals surface area contributed by atoms with E-state index in [-0.39, 0.29) is 17.4 Å². The van der Waals surface area contributed by atoms with Gasteiger partial charge in [0.1, 0.15) is 5.75 Å². The second-order valence-corrected chi connectivity index (χ2v) is 7.26. The monoisotopic (exact) mass is 454 g/mol. The summed E-state index contributed by atoms with van der Waals surface area (Å²) in [5.74, 6) is 0.156. The van der Waals surface area contributed by atoms with Gasteiger partial charge in [0.2, 0.25) is 12.8 Å². The Kier molecular flexibility index (Phi) is 8.50. The number of carbonyl (C=O) groups excluding carboxylic acids is 1. The fourth-order valence-corrected chi connectivity index (χ4v) is 3.27. The molecule has 0 saturated carbocycles. The van der Waals surface area contributed by atoms with E-state index < -0.39 is 18.5 Å². The SMILES string of the molecule is Cc1cc(CNCCCN)ccc1-c1c[nH]c(NC(=O)Nc2ccccc2OCF)nc1=O. The van der Waals surface area contributed by atoms with E-state index in [4.69, 9.17) is 10.5 Å². The summed E-state index contributed by atoms with van der Waals surface area (Å²) < 4.78 is 17.3. The smallest absolute Gasteiger partial charge is 0.326 e. The number of hydrogen-bond acceptors (Lipinski definition) is 6. The van der Waals surface area contributed by atoms with E-state index >= 15 is 0 Å². The van der Waals surface area contributed by atoms with Gasteiger partial charge in [0.15, 0.2) is 0 Å². The Bertz CT molecular complexity index is 1150. The summed E-state index contributed by atoms with van der Waals surface area (Å²) in [4.78, 5) is 31.6. The maximum atomic E-state index is 12.6. The third-order valence-electron chi connectivity index (χ3n) is 4.84. The average molecular weight is 455 g/mol. The fourth-order valence-electron chi connectivity index (χ4n) is 3.27. The van der Waals surface area contributed by atoms with Crippen molar-refractivity contribution in [3.63, 3.8) is 0 Å². The number of amides is 2. The Morgan fingerprint density at radius 2 is 2.00 bits per heavy atom. The van der Waals surface area contributed by atoms with Crippen molar-refractivity contribution < 1.29 is 13.9 Å². The summed E-state index contributed by atoms with van der Waals surface area (Å²) in [5.41, 5.74) is 8.47. The molecule has 3 rings (SSSR count). The molecule has 9 nitrogen and oxygen atoms in total. The summed E-state index contributed by atoms with van der Waals surface area (Å²) in [5, 5.41) is 8.31. The van der Waals surface area contributed by atoms with Crippen molar-refractivity contribution in [2.75, 3.05) is 30.6 Å². The average Bonchev–Trinajstić information content (AvgIpc) is 2.79. The fraction of sp³-hybridized carbons (Fsp3) is 0.261. The number of carbonyl (C=O) groups is 1. The van der Waals surface area contributed by atoms with Crippen LogP contribution < -0.4 is 32.0 Å². The maximum absolute atomic E-state index is 12.6. The van der Waals surface area contributed by atoms with E-state index in [1.54, 1.807) is 18.2 Å². The van der Waals surface area contributed by atoms with E-state index in [1.807, 2.05) is 25.1 Å². The number of aryl methyl sites for hydroxylation is 1. The summed E-state index contributed by atoms with van der Waals surface area (Å²) in [6.07, 6.45) is 2.42. The Morgan fingerprint density at radius 1 is 1.18 bits per heavy atom. The molecule has 1 aromatic heterocycles. The van der Waals surface area contributed by atoms with Gasteiger partial charge in [0.25, 0.3) is 5.56 Å². The van der Waals surface area contributed by atoms with Crippen LogP contribution in [0.4, 0.5) is 20.8 Å². The number of halogens is 1. The lowest BCUT2D eigenvalue weighted by Crippen LogP contribution is -2.23. The van der Waals surface area contributed by atoms with E-state index in [9.17, 15) is 14.0 Å². The number of H-pyrrole nitrogens is 1. The van der Waals surface area contributed by atoms with Crippen LogP contribution in [-0.4, -0.2) is 35.9 Å². The van der Waals surface area contributed by atoms with Gasteiger partial charge in [-0.15, -0.1) is 0 Å². The minimum Gasteiger partial charge on any atom is -0.461 e. The highest BCUT2D eigenvalue weighted by Gasteiger charge is 2.12. The molecular weight excluding hydrogens is 427 g/mol. The third-order valence-corrected chi connectivity index (χ3v) is 4.84. The van der Waals surface area contributed by atoms with E-state index in [2.05, 4.69) is 25.9 Å². The van der Waals surface area contributed by atoms with Crippen LogP contribution in [0.3, 0.4) is 0 Å². The molecular formula is C23H27FN6O3. The van der Waals surface area contributed by atoms with Crippen molar-refractivity contribution in [1.29, 1.82) is 0 Å². The lowest BCUT2D eigenvalue weighted by molar-refractivity contribution is 0.192. The lowest BCUT2D eigenvalue weighted by atomic mass is 10.0. The number of benzene rings is 2. The molecule has 0 aliphatic carbocycles. The van der Waals surface area contributed by atoms with Gasteiger partial charge in [-0.25, -0.2) is 9.18 Å². The van der Waals surface area contributed by atoms with Crippen molar-refractivity contribution in [1.82, 2.24) is 15.3 Å². The van der Waals surface area contributed by atoms with Crippen molar-refractivity contribution in [2.24, 2.45) is 5.73 Å². The summed E-state index contributed by atoms with van der Waals surface area (Å²) in [6, 6.07) is 11.6. The lowest BCUT2D eigenvalue weighted by Gasteiger charge is -2.12. The molecule has 6 N–H and O–H groups in total. The largest absolute Gasteiger partial charge is 0.461 e. The molecule has 0 saturated heterocycles. The van der Waals surface area contributed by atoms with Gasteiger partial charge >= 0.3 is 6.03 Å². The van der Waals surface area contributed by atoms with Gasteiger partial charge in [0.05, 0.1) is 11.3 Å². The quantitative estimate of drug-likeness (QED) is 0.299. The van der Waals surface area contributed by atoms with Crippen molar-refractivity contribution in [2.45, 2.75) is 19.9 Å². The molecule has 10 heteroatoms. The third kappa shape index (κ3) is 6.61. The number of rotatable bonds is 10. The number of alkyl halides is 1.